The maximum Gasteiger partial charge on any atom is 0.239 e. The number of hydrogen-bond donors (Lipinski definition) is 0. The molecule has 0 N–H and O–H groups in total. The maximum atomic E-state index is 13.0. The second kappa shape index (κ2) is 7.95. The molecule has 2 aliphatic rings. The summed E-state index contributed by atoms with van der Waals surface area (Å²) in [5.41, 5.74) is 0. The zero-order chi connectivity index (χ0) is 16.1. The second-order valence-corrected chi connectivity index (χ2v) is 7.09. The van der Waals surface area contributed by atoms with E-state index in [-0.39, 0.29) is 17.9 Å². The lowest BCUT2D eigenvalue weighted by molar-refractivity contribution is -0.139. The summed E-state index contributed by atoms with van der Waals surface area (Å²) >= 11 is 0. The summed E-state index contributed by atoms with van der Waals surface area (Å²) in [4.78, 5) is 30.7. The third-order valence-corrected chi connectivity index (χ3v) is 4.75. The molecule has 0 radical (unpaired) electrons. The van der Waals surface area contributed by atoms with Crippen molar-refractivity contribution in [3.8, 4) is 0 Å². The van der Waals surface area contributed by atoms with Gasteiger partial charge in [0.25, 0.3) is 0 Å². The van der Waals surface area contributed by atoms with Gasteiger partial charge in [0.1, 0.15) is 0 Å². The van der Waals surface area contributed by atoms with Crippen LogP contribution in [-0.2, 0) is 9.59 Å². The van der Waals surface area contributed by atoms with Gasteiger partial charge in [-0.05, 0) is 31.7 Å². The second-order valence-electron chi connectivity index (χ2n) is 7.09. The first-order chi connectivity index (χ1) is 10.5. The van der Waals surface area contributed by atoms with Gasteiger partial charge in [0.2, 0.25) is 11.8 Å². The first-order valence-corrected chi connectivity index (χ1v) is 8.77. The minimum Gasteiger partial charge on any atom is -0.341 e. The molecule has 22 heavy (non-hydrogen) atoms. The lowest BCUT2D eigenvalue weighted by Crippen LogP contribution is -2.52. The normalized spacial score (nSPS) is 24.5. The third kappa shape index (κ3) is 4.45. The van der Waals surface area contributed by atoms with E-state index >= 15 is 0 Å². The fraction of sp³-hybridized carbons (Fsp3) is 0.882. The van der Waals surface area contributed by atoms with Gasteiger partial charge in [-0.3, -0.25) is 14.5 Å². The number of carbonyl (C=O) groups is 2. The van der Waals surface area contributed by atoms with E-state index in [9.17, 15) is 9.59 Å². The van der Waals surface area contributed by atoms with E-state index in [1.54, 1.807) is 6.92 Å². The molecule has 0 unspecified atom stereocenters. The first kappa shape index (κ1) is 17.3. The van der Waals surface area contributed by atoms with Crippen LogP contribution in [0, 0.1) is 5.92 Å². The Labute approximate surface area is 134 Å². The molecule has 0 aromatic carbocycles. The van der Waals surface area contributed by atoms with E-state index in [0.717, 1.165) is 45.4 Å². The van der Waals surface area contributed by atoms with E-state index in [1.807, 2.05) is 9.80 Å². The highest BCUT2D eigenvalue weighted by Crippen LogP contribution is 2.21. The van der Waals surface area contributed by atoms with Crippen LogP contribution in [0.1, 0.15) is 46.5 Å². The number of rotatable bonds is 3. The highest BCUT2D eigenvalue weighted by atomic mass is 16.2. The van der Waals surface area contributed by atoms with E-state index < -0.39 is 0 Å². The lowest BCUT2D eigenvalue weighted by atomic mass is 9.99. The smallest absolute Gasteiger partial charge is 0.239 e. The highest BCUT2D eigenvalue weighted by Gasteiger charge is 2.32. The van der Waals surface area contributed by atoms with Gasteiger partial charge in [-0.15, -0.1) is 0 Å². The molecule has 0 aliphatic carbocycles. The quantitative estimate of drug-likeness (QED) is 0.795. The van der Waals surface area contributed by atoms with Crippen LogP contribution >= 0.6 is 0 Å². The SMILES string of the molecule is CC(=O)N1CCCN(C(=O)[C@@H]2CCCCN2CC(C)C)CC1. The summed E-state index contributed by atoms with van der Waals surface area (Å²) in [6.45, 7) is 11.0. The van der Waals surface area contributed by atoms with Crippen LogP contribution < -0.4 is 0 Å². The van der Waals surface area contributed by atoms with Crippen molar-refractivity contribution in [2.75, 3.05) is 39.3 Å². The van der Waals surface area contributed by atoms with E-state index in [0.29, 0.717) is 19.0 Å². The van der Waals surface area contributed by atoms with Gasteiger partial charge in [0.05, 0.1) is 6.04 Å². The zero-order valence-corrected chi connectivity index (χ0v) is 14.4. The van der Waals surface area contributed by atoms with Crippen molar-refractivity contribution >= 4 is 11.8 Å². The van der Waals surface area contributed by atoms with Crippen LogP contribution in [-0.4, -0.2) is 71.8 Å². The van der Waals surface area contributed by atoms with Gasteiger partial charge in [0, 0.05) is 39.6 Å². The standard InChI is InChI=1S/C17H31N3O2/c1-14(2)13-20-8-5-4-7-16(20)17(22)19-10-6-9-18(11-12-19)15(3)21/h14,16H,4-13H2,1-3H3/t16-/m0/s1. The molecule has 0 spiro atoms. The molecular weight excluding hydrogens is 278 g/mol. The number of carbonyl (C=O) groups excluding carboxylic acids is 2. The molecule has 5 heteroatoms. The largest absolute Gasteiger partial charge is 0.341 e. The number of hydrogen-bond acceptors (Lipinski definition) is 3. The van der Waals surface area contributed by atoms with Crippen molar-refractivity contribution in [1.29, 1.82) is 0 Å². The Balaban J connectivity index is 1.97. The summed E-state index contributed by atoms with van der Waals surface area (Å²) < 4.78 is 0. The van der Waals surface area contributed by atoms with Crippen LogP contribution in [0.25, 0.3) is 0 Å². The van der Waals surface area contributed by atoms with Gasteiger partial charge in [0.15, 0.2) is 0 Å². The zero-order valence-electron chi connectivity index (χ0n) is 14.4. The molecule has 2 saturated heterocycles. The monoisotopic (exact) mass is 309 g/mol. The summed E-state index contributed by atoms with van der Waals surface area (Å²) in [5, 5.41) is 0. The van der Waals surface area contributed by atoms with Crippen molar-refractivity contribution in [3.05, 3.63) is 0 Å². The highest BCUT2D eigenvalue weighted by molar-refractivity contribution is 5.82. The van der Waals surface area contributed by atoms with Crippen molar-refractivity contribution in [2.24, 2.45) is 5.92 Å². The average molecular weight is 309 g/mol. The molecule has 0 aromatic rings. The Bertz CT molecular complexity index is 397. The molecule has 0 aromatic heterocycles. The fourth-order valence-electron chi connectivity index (χ4n) is 3.62. The predicted octanol–water partition coefficient (Wildman–Crippen LogP) is 1.58. The Kier molecular flexibility index (Phi) is 6.24. The number of nitrogens with zero attached hydrogens (tertiary/aromatic N) is 3. The minimum absolute atomic E-state index is 0.0556. The van der Waals surface area contributed by atoms with E-state index in [4.69, 9.17) is 0 Å². The van der Waals surface area contributed by atoms with Crippen molar-refractivity contribution in [1.82, 2.24) is 14.7 Å². The molecule has 0 bridgehead atoms. The Morgan fingerprint density at radius 2 is 1.64 bits per heavy atom. The van der Waals surface area contributed by atoms with Crippen LogP contribution in [0.15, 0.2) is 0 Å². The molecule has 1 atom stereocenters. The molecule has 126 valence electrons. The molecular formula is C17H31N3O2. The first-order valence-electron chi connectivity index (χ1n) is 8.77. The molecule has 2 heterocycles. The van der Waals surface area contributed by atoms with Gasteiger partial charge < -0.3 is 9.80 Å². The third-order valence-electron chi connectivity index (χ3n) is 4.75. The predicted molar refractivity (Wildman–Crippen MR) is 87.5 cm³/mol. The summed E-state index contributed by atoms with van der Waals surface area (Å²) in [5.74, 6) is 0.991. The average Bonchev–Trinajstić information content (AvgIpc) is 2.72. The van der Waals surface area contributed by atoms with E-state index in [2.05, 4.69) is 18.7 Å². The topological polar surface area (TPSA) is 43.9 Å². The molecule has 2 rings (SSSR count). The van der Waals surface area contributed by atoms with Crippen LogP contribution in [0.2, 0.25) is 0 Å². The lowest BCUT2D eigenvalue weighted by Gasteiger charge is -2.38. The molecule has 5 nitrogen and oxygen atoms in total. The van der Waals surface area contributed by atoms with Gasteiger partial charge >= 0.3 is 0 Å². The summed E-state index contributed by atoms with van der Waals surface area (Å²) in [7, 11) is 0. The molecule has 2 amide bonds. The van der Waals surface area contributed by atoms with Crippen LogP contribution in [0.4, 0.5) is 0 Å². The van der Waals surface area contributed by atoms with Gasteiger partial charge in [-0.2, -0.15) is 0 Å². The Morgan fingerprint density at radius 3 is 2.32 bits per heavy atom. The van der Waals surface area contributed by atoms with Crippen molar-refractivity contribution < 1.29 is 9.59 Å². The van der Waals surface area contributed by atoms with Crippen LogP contribution in [0.3, 0.4) is 0 Å². The maximum absolute atomic E-state index is 13.0. The minimum atomic E-state index is 0.0556. The van der Waals surface area contributed by atoms with E-state index in [1.165, 1.54) is 6.42 Å². The number of piperidine rings is 1. The van der Waals surface area contributed by atoms with Gasteiger partial charge in [-0.1, -0.05) is 20.3 Å². The molecule has 2 aliphatic heterocycles. The number of amides is 2. The summed E-state index contributed by atoms with van der Waals surface area (Å²) in [6.07, 6.45) is 4.23. The summed E-state index contributed by atoms with van der Waals surface area (Å²) in [6, 6.07) is 0.0556. The van der Waals surface area contributed by atoms with Crippen molar-refractivity contribution in [3.63, 3.8) is 0 Å². The molecule has 0 saturated carbocycles. The van der Waals surface area contributed by atoms with Crippen LogP contribution in [0.5, 0.6) is 0 Å². The Morgan fingerprint density at radius 1 is 0.955 bits per heavy atom. The fourth-order valence-corrected chi connectivity index (χ4v) is 3.62. The number of likely N-dealkylation sites (tertiary alicyclic amines) is 1. The van der Waals surface area contributed by atoms with Crippen molar-refractivity contribution in [2.45, 2.75) is 52.5 Å². The molecule has 2 fully saturated rings. The Hall–Kier alpha value is -1.10. The van der Waals surface area contributed by atoms with Gasteiger partial charge in [-0.25, -0.2) is 0 Å².